The number of halogens is 1. The first kappa shape index (κ1) is 8.52. The van der Waals surface area contributed by atoms with Crippen molar-refractivity contribution >= 4 is 11.6 Å². The third-order valence-electron chi connectivity index (χ3n) is 1.07. The molecule has 0 fully saturated rings. The molecular formula is C7H10ClN. The van der Waals surface area contributed by atoms with Crippen LogP contribution in [0.5, 0.6) is 0 Å². The van der Waals surface area contributed by atoms with Gasteiger partial charge >= 0.3 is 0 Å². The van der Waals surface area contributed by atoms with Crippen molar-refractivity contribution in [3.05, 3.63) is 11.6 Å². The van der Waals surface area contributed by atoms with Crippen LogP contribution in [0.3, 0.4) is 0 Å². The summed E-state index contributed by atoms with van der Waals surface area (Å²) in [5.74, 6) is 0.638. The summed E-state index contributed by atoms with van der Waals surface area (Å²) >= 11 is 5.42. The maximum absolute atomic E-state index is 8.39. The number of alkyl halides is 1. The van der Waals surface area contributed by atoms with Crippen molar-refractivity contribution in [2.24, 2.45) is 0 Å². The van der Waals surface area contributed by atoms with Gasteiger partial charge in [-0.25, -0.2) is 0 Å². The molecular weight excluding hydrogens is 134 g/mol. The lowest BCUT2D eigenvalue weighted by Gasteiger charge is -1.90. The molecule has 0 atom stereocenters. The standard InChI is InChI=1S/C7H10ClN/c1-2-7(6-9)4-3-5-8/h2H,3-5H2,1H3. The molecule has 0 heterocycles. The van der Waals surface area contributed by atoms with E-state index in [1.165, 1.54) is 0 Å². The first-order valence-corrected chi connectivity index (χ1v) is 3.49. The Labute approximate surface area is 60.9 Å². The summed E-state index contributed by atoms with van der Waals surface area (Å²) in [6, 6.07) is 2.09. The topological polar surface area (TPSA) is 23.8 Å². The summed E-state index contributed by atoms with van der Waals surface area (Å²) in [6.45, 7) is 1.87. The van der Waals surface area contributed by atoms with E-state index in [0.717, 1.165) is 18.4 Å². The second-order valence-corrected chi connectivity index (χ2v) is 2.10. The summed E-state index contributed by atoms with van der Waals surface area (Å²) in [5, 5.41) is 8.39. The predicted molar refractivity (Wildman–Crippen MR) is 39.3 cm³/mol. The molecule has 50 valence electrons. The normalized spacial score (nSPS) is 11.0. The Bertz CT molecular complexity index is 132. The number of nitriles is 1. The minimum absolute atomic E-state index is 0.638. The van der Waals surface area contributed by atoms with Gasteiger partial charge in [-0.15, -0.1) is 11.6 Å². The quantitative estimate of drug-likeness (QED) is 0.440. The molecule has 1 nitrogen and oxygen atoms in total. The lowest BCUT2D eigenvalue weighted by Crippen LogP contribution is -1.79. The Morgan fingerprint density at radius 2 is 2.44 bits per heavy atom. The van der Waals surface area contributed by atoms with Crippen molar-refractivity contribution in [1.82, 2.24) is 0 Å². The maximum Gasteiger partial charge on any atom is 0.0943 e. The molecule has 0 aliphatic rings. The second kappa shape index (κ2) is 5.65. The van der Waals surface area contributed by atoms with Crippen LogP contribution in [-0.4, -0.2) is 5.88 Å². The van der Waals surface area contributed by atoms with Crippen LogP contribution in [0, 0.1) is 11.3 Å². The average molecular weight is 144 g/mol. The Morgan fingerprint density at radius 3 is 2.78 bits per heavy atom. The van der Waals surface area contributed by atoms with E-state index in [1.54, 1.807) is 0 Å². The number of hydrogen-bond donors (Lipinski definition) is 0. The third kappa shape index (κ3) is 4.05. The van der Waals surface area contributed by atoms with E-state index in [4.69, 9.17) is 16.9 Å². The summed E-state index contributed by atoms with van der Waals surface area (Å²) in [4.78, 5) is 0. The lowest BCUT2D eigenvalue weighted by molar-refractivity contribution is 0.934. The van der Waals surface area contributed by atoms with Crippen LogP contribution in [0.25, 0.3) is 0 Å². The molecule has 0 N–H and O–H groups in total. The Kier molecular flexibility index (Phi) is 5.35. The molecule has 0 radical (unpaired) electrons. The molecule has 9 heavy (non-hydrogen) atoms. The van der Waals surface area contributed by atoms with Gasteiger partial charge < -0.3 is 0 Å². The summed E-state index contributed by atoms with van der Waals surface area (Å²) in [5.41, 5.74) is 0.829. The van der Waals surface area contributed by atoms with Crippen LogP contribution in [-0.2, 0) is 0 Å². The fourth-order valence-electron chi connectivity index (χ4n) is 0.522. The van der Waals surface area contributed by atoms with Gasteiger partial charge in [-0.3, -0.25) is 0 Å². The highest BCUT2D eigenvalue weighted by atomic mass is 35.5. The van der Waals surface area contributed by atoms with E-state index in [2.05, 4.69) is 6.07 Å². The van der Waals surface area contributed by atoms with E-state index < -0.39 is 0 Å². The lowest BCUT2D eigenvalue weighted by atomic mass is 10.2. The largest absolute Gasteiger partial charge is 0.193 e. The molecule has 0 amide bonds. The van der Waals surface area contributed by atoms with Gasteiger partial charge in [0.1, 0.15) is 0 Å². The van der Waals surface area contributed by atoms with Gasteiger partial charge in [0.25, 0.3) is 0 Å². The van der Waals surface area contributed by atoms with Gasteiger partial charge in [-0.1, -0.05) is 6.08 Å². The van der Waals surface area contributed by atoms with Gasteiger partial charge in [0.15, 0.2) is 0 Å². The van der Waals surface area contributed by atoms with Gasteiger partial charge in [0.2, 0.25) is 0 Å². The van der Waals surface area contributed by atoms with E-state index in [1.807, 2.05) is 13.0 Å². The molecule has 0 aliphatic heterocycles. The summed E-state index contributed by atoms with van der Waals surface area (Å²) in [6.07, 6.45) is 3.54. The number of hydrogen-bond acceptors (Lipinski definition) is 1. The van der Waals surface area contributed by atoms with Crippen LogP contribution >= 0.6 is 11.6 Å². The zero-order valence-electron chi connectivity index (χ0n) is 5.52. The monoisotopic (exact) mass is 143 g/mol. The molecule has 0 aromatic carbocycles. The first-order chi connectivity index (χ1) is 4.35. The smallest absolute Gasteiger partial charge is 0.0943 e. The van der Waals surface area contributed by atoms with Crippen molar-refractivity contribution in [2.75, 3.05) is 5.88 Å². The van der Waals surface area contributed by atoms with Gasteiger partial charge in [0, 0.05) is 11.5 Å². The van der Waals surface area contributed by atoms with Gasteiger partial charge in [-0.2, -0.15) is 5.26 Å². The Balaban J connectivity index is 3.49. The minimum Gasteiger partial charge on any atom is -0.193 e. The Morgan fingerprint density at radius 1 is 1.78 bits per heavy atom. The molecule has 0 saturated heterocycles. The molecule has 0 unspecified atom stereocenters. The predicted octanol–water partition coefficient (Wildman–Crippen LogP) is 2.48. The molecule has 0 aliphatic carbocycles. The zero-order valence-corrected chi connectivity index (χ0v) is 6.28. The SMILES string of the molecule is CC=C(C#N)CCCCl. The van der Waals surface area contributed by atoms with Gasteiger partial charge in [0.05, 0.1) is 6.07 Å². The highest BCUT2D eigenvalue weighted by Crippen LogP contribution is 2.03. The van der Waals surface area contributed by atoms with Gasteiger partial charge in [-0.05, 0) is 19.8 Å². The highest BCUT2D eigenvalue weighted by molar-refractivity contribution is 6.17. The van der Waals surface area contributed by atoms with Crippen molar-refractivity contribution in [3.63, 3.8) is 0 Å². The molecule has 0 aromatic rings. The number of nitrogens with zero attached hydrogens (tertiary/aromatic N) is 1. The molecule has 0 saturated carbocycles. The minimum atomic E-state index is 0.638. The molecule has 0 spiro atoms. The molecule has 0 bridgehead atoms. The van der Waals surface area contributed by atoms with Crippen LogP contribution in [0.4, 0.5) is 0 Å². The maximum atomic E-state index is 8.39. The van der Waals surface area contributed by atoms with Crippen LogP contribution in [0.1, 0.15) is 19.8 Å². The van der Waals surface area contributed by atoms with Crippen molar-refractivity contribution in [3.8, 4) is 6.07 Å². The highest BCUT2D eigenvalue weighted by Gasteiger charge is 1.90. The zero-order chi connectivity index (χ0) is 7.11. The molecule has 0 rings (SSSR count). The van der Waals surface area contributed by atoms with Crippen LogP contribution < -0.4 is 0 Å². The Hall–Kier alpha value is -0.480. The molecule has 2 heteroatoms. The average Bonchev–Trinajstić information content (AvgIpc) is 1.91. The van der Waals surface area contributed by atoms with E-state index in [-0.39, 0.29) is 0 Å². The number of allylic oxidation sites excluding steroid dienone is 2. The van der Waals surface area contributed by atoms with Crippen molar-refractivity contribution in [2.45, 2.75) is 19.8 Å². The van der Waals surface area contributed by atoms with Crippen molar-refractivity contribution in [1.29, 1.82) is 5.26 Å². The fourth-order valence-corrected chi connectivity index (χ4v) is 0.656. The fraction of sp³-hybridized carbons (Fsp3) is 0.571. The van der Waals surface area contributed by atoms with E-state index in [0.29, 0.717) is 5.88 Å². The number of rotatable bonds is 3. The van der Waals surface area contributed by atoms with Crippen LogP contribution in [0.2, 0.25) is 0 Å². The van der Waals surface area contributed by atoms with Crippen molar-refractivity contribution < 1.29 is 0 Å². The first-order valence-electron chi connectivity index (χ1n) is 2.96. The summed E-state index contributed by atoms with van der Waals surface area (Å²) in [7, 11) is 0. The third-order valence-corrected chi connectivity index (χ3v) is 1.34. The van der Waals surface area contributed by atoms with E-state index in [9.17, 15) is 0 Å². The molecule has 0 aromatic heterocycles. The van der Waals surface area contributed by atoms with E-state index >= 15 is 0 Å². The summed E-state index contributed by atoms with van der Waals surface area (Å²) < 4.78 is 0. The second-order valence-electron chi connectivity index (χ2n) is 1.72. The van der Waals surface area contributed by atoms with Crippen LogP contribution in [0.15, 0.2) is 11.6 Å².